The van der Waals surface area contributed by atoms with Gasteiger partial charge in [-0.25, -0.2) is 0 Å². The van der Waals surface area contributed by atoms with Crippen molar-refractivity contribution in [2.75, 3.05) is 11.5 Å². The van der Waals surface area contributed by atoms with E-state index in [2.05, 4.69) is 22.9 Å². The Labute approximate surface area is 225 Å². The SMILES string of the molecule is CCCCCCOc1ccc(C2c3c(oc4cc(C)c(C)cc4c3=O)C(=O)N2c2cccc(Br)c2)cc1. The second kappa shape index (κ2) is 10.5. The van der Waals surface area contributed by atoms with Gasteiger partial charge in [-0.1, -0.05) is 60.3 Å². The lowest BCUT2D eigenvalue weighted by molar-refractivity contribution is 0.0971. The molecule has 1 aliphatic rings. The number of hydrogen-bond donors (Lipinski definition) is 0. The van der Waals surface area contributed by atoms with Gasteiger partial charge in [0.1, 0.15) is 11.3 Å². The summed E-state index contributed by atoms with van der Waals surface area (Å²) in [7, 11) is 0. The standard InChI is InChI=1S/C31H30BrNO4/c1-4-5-6-7-15-36-24-13-11-21(12-14-24)28-27-29(34)25-16-19(2)20(3)17-26(25)37-30(27)31(35)33(28)23-10-8-9-22(32)18-23/h8-14,16-18,28H,4-7,15H2,1-3H3. The zero-order chi connectivity index (χ0) is 26.1. The van der Waals surface area contributed by atoms with Crippen molar-refractivity contribution in [3.05, 3.63) is 103 Å². The van der Waals surface area contributed by atoms with E-state index in [4.69, 9.17) is 9.15 Å². The number of halogens is 1. The molecule has 1 atom stereocenters. The fourth-order valence-electron chi connectivity index (χ4n) is 4.90. The molecule has 0 radical (unpaired) electrons. The average Bonchev–Trinajstić information content (AvgIpc) is 3.18. The van der Waals surface area contributed by atoms with Crippen LogP contribution in [-0.4, -0.2) is 12.5 Å². The van der Waals surface area contributed by atoms with E-state index < -0.39 is 6.04 Å². The molecule has 0 N–H and O–H groups in total. The Morgan fingerprint density at radius 2 is 1.70 bits per heavy atom. The van der Waals surface area contributed by atoms with Crippen molar-refractivity contribution in [1.82, 2.24) is 0 Å². The molecule has 2 heterocycles. The third-order valence-electron chi connectivity index (χ3n) is 7.04. The molecule has 5 nitrogen and oxygen atoms in total. The van der Waals surface area contributed by atoms with Crippen molar-refractivity contribution in [2.24, 2.45) is 0 Å². The molecule has 1 unspecified atom stereocenters. The van der Waals surface area contributed by atoms with Gasteiger partial charge >= 0.3 is 0 Å². The number of unbranched alkanes of at least 4 members (excludes halogenated alkanes) is 3. The van der Waals surface area contributed by atoms with Gasteiger partial charge in [-0.05, 0) is 79.4 Å². The summed E-state index contributed by atoms with van der Waals surface area (Å²) in [6.07, 6.45) is 4.57. The maximum Gasteiger partial charge on any atom is 0.295 e. The van der Waals surface area contributed by atoms with E-state index >= 15 is 0 Å². The number of hydrogen-bond acceptors (Lipinski definition) is 4. The van der Waals surface area contributed by atoms with E-state index in [-0.39, 0.29) is 17.1 Å². The summed E-state index contributed by atoms with van der Waals surface area (Å²) >= 11 is 3.52. The van der Waals surface area contributed by atoms with Gasteiger partial charge in [0.25, 0.3) is 5.91 Å². The molecular weight excluding hydrogens is 530 g/mol. The van der Waals surface area contributed by atoms with Crippen molar-refractivity contribution in [3.8, 4) is 5.75 Å². The lowest BCUT2D eigenvalue weighted by atomic mass is 9.97. The highest BCUT2D eigenvalue weighted by molar-refractivity contribution is 9.10. The Hall–Kier alpha value is -3.38. The molecule has 3 aromatic carbocycles. The van der Waals surface area contributed by atoms with Crippen LogP contribution in [0.2, 0.25) is 0 Å². The van der Waals surface area contributed by atoms with Crippen molar-refractivity contribution >= 4 is 38.5 Å². The number of fused-ring (bicyclic) bond motifs is 2. The van der Waals surface area contributed by atoms with E-state index in [1.54, 1.807) is 4.90 Å². The fraction of sp³-hybridized carbons (Fsp3) is 0.290. The normalized spacial score (nSPS) is 14.9. The number of benzene rings is 3. The molecule has 0 aliphatic carbocycles. The number of anilines is 1. The Balaban J connectivity index is 1.59. The summed E-state index contributed by atoms with van der Waals surface area (Å²) in [5, 5.41) is 0.489. The number of aryl methyl sites for hydroxylation is 2. The molecule has 1 aliphatic heterocycles. The zero-order valence-electron chi connectivity index (χ0n) is 21.3. The molecule has 1 amide bonds. The Morgan fingerprint density at radius 3 is 2.43 bits per heavy atom. The maximum absolute atomic E-state index is 13.9. The summed E-state index contributed by atoms with van der Waals surface area (Å²) in [4.78, 5) is 29.3. The quantitative estimate of drug-likeness (QED) is 0.206. The summed E-state index contributed by atoms with van der Waals surface area (Å²) < 4.78 is 12.9. The molecule has 5 rings (SSSR count). The van der Waals surface area contributed by atoms with E-state index in [0.29, 0.717) is 28.8 Å². The number of amides is 1. The van der Waals surface area contributed by atoms with Crippen LogP contribution >= 0.6 is 15.9 Å². The predicted octanol–water partition coefficient (Wildman–Crippen LogP) is 7.88. The number of carbonyl (C=O) groups excluding carboxylic acids is 1. The van der Waals surface area contributed by atoms with Crippen LogP contribution in [0.25, 0.3) is 11.0 Å². The first kappa shape index (κ1) is 25.3. The highest BCUT2D eigenvalue weighted by atomic mass is 79.9. The highest BCUT2D eigenvalue weighted by Gasteiger charge is 2.43. The minimum atomic E-state index is -0.613. The Kier molecular flexibility index (Phi) is 7.20. The number of ether oxygens (including phenoxy) is 1. The molecule has 0 spiro atoms. The fourth-order valence-corrected chi connectivity index (χ4v) is 5.29. The van der Waals surface area contributed by atoms with Crippen LogP contribution in [0.5, 0.6) is 5.75 Å². The van der Waals surface area contributed by atoms with Gasteiger partial charge in [-0.15, -0.1) is 0 Å². The summed E-state index contributed by atoms with van der Waals surface area (Å²) in [6.45, 7) is 6.80. The molecule has 6 heteroatoms. The molecule has 37 heavy (non-hydrogen) atoms. The smallest absolute Gasteiger partial charge is 0.295 e. The predicted molar refractivity (Wildman–Crippen MR) is 151 cm³/mol. The largest absolute Gasteiger partial charge is 0.494 e. The van der Waals surface area contributed by atoms with Crippen LogP contribution in [0.15, 0.2) is 74.3 Å². The Morgan fingerprint density at radius 1 is 0.946 bits per heavy atom. The second-order valence-electron chi connectivity index (χ2n) is 9.64. The van der Waals surface area contributed by atoms with Gasteiger partial charge < -0.3 is 9.15 Å². The number of nitrogens with zero attached hydrogens (tertiary/aromatic N) is 1. The first-order valence-corrected chi connectivity index (χ1v) is 13.6. The summed E-state index contributed by atoms with van der Waals surface area (Å²) in [5.74, 6) is 0.545. The van der Waals surface area contributed by atoms with Crippen LogP contribution in [0, 0.1) is 13.8 Å². The topological polar surface area (TPSA) is 59.8 Å². The Bertz CT molecular complexity index is 1520. The molecule has 4 aromatic rings. The lowest BCUT2D eigenvalue weighted by Gasteiger charge is -2.25. The van der Waals surface area contributed by atoms with E-state index in [1.165, 1.54) is 12.8 Å². The summed E-state index contributed by atoms with van der Waals surface area (Å²) in [6, 6.07) is 18.3. The van der Waals surface area contributed by atoms with E-state index in [9.17, 15) is 9.59 Å². The number of carbonyl (C=O) groups is 1. The minimum absolute atomic E-state index is 0.0991. The molecule has 190 valence electrons. The third kappa shape index (κ3) is 4.82. The zero-order valence-corrected chi connectivity index (χ0v) is 22.9. The minimum Gasteiger partial charge on any atom is -0.494 e. The highest BCUT2D eigenvalue weighted by Crippen LogP contribution is 2.42. The second-order valence-corrected chi connectivity index (χ2v) is 10.6. The lowest BCUT2D eigenvalue weighted by Crippen LogP contribution is -2.29. The van der Waals surface area contributed by atoms with Crippen molar-refractivity contribution in [1.29, 1.82) is 0 Å². The van der Waals surface area contributed by atoms with Gasteiger partial charge in [-0.2, -0.15) is 0 Å². The number of rotatable bonds is 8. The molecular formula is C31H30BrNO4. The van der Waals surface area contributed by atoms with Gasteiger partial charge in [0.15, 0.2) is 5.43 Å². The van der Waals surface area contributed by atoms with Crippen molar-refractivity contribution < 1.29 is 13.9 Å². The maximum atomic E-state index is 13.9. The molecule has 0 fully saturated rings. The van der Waals surface area contributed by atoms with Crippen molar-refractivity contribution in [2.45, 2.75) is 52.5 Å². The van der Waals surface area contributed by atoms with Gasteiger partial charge in [0.2, 0.25) is 5.76 Å². The van der Waals surface area contributed by atoms with Crippen LogP contribution in [0.4, 0.5) is 5.69 Å². The first-order chi connectivity index (χ1) is 17.9. The monoisotopic (exact) mass is 559 g/mol. The first-order valence-electron chi connectivity index (χ1n) is 12.8. The van der Waals surface area contributed by atoms with Gasteiger partial charge in [0.05, 0.1) is 23.6 Å². The molecule has 0 saturated carbocycles. The van der Waals surface area contributed by atoms with E-state index in [1.807, 2.05) is 74.5 Å². The third-order valence-corrected chi connectivity index (χ3v) is 7.53. The van der Waals surface area contributed by atoms with Crippen LogP contribution in [-0.2, 0) is 0 Å². The van der Waals surface area contributed by atoms with Gasteiger partial charge in [-0.3, -0.25) is 14.5 Å². The van der Waals surface area contributed by atoms with E-state index in [0.717, 1.165) is 39.8 Å². The van der Waals surface area contributed by atoms with Crippen LogP contribution in [0.1, 0.15) is 71.5 Å². The summed E-state index contributed by atoms with van der Waals surface area (Å²) in [5.41, 5.74) is 4.14. The van der Waals surface area contributed by atoms with Crippen LogP contribution in [0.3, 0.4) is 0 Å². The molecule has 0 saturated heterocycles. The molecule has 0 bridgehead atoms. The molecule has 1 aromatic heterocycles. The van der Waals surface area contributed by atoms with Crippen molar-refractivity contribution in [3.63, 3.8) is 0 Å². The van der Waals surface area contributed by atoms with Crippen LogP contribution < -0.4 is 15.1 Å². The average molecular weight is 560 g/mol. The van der Waals surface area contributed by atoms with Gasteiger partial charge in [0, 0.05) is 10.2 Å².